The minimum Gasteiger partial charge on any atom is -0.450 e. The summed E-state index contributed by atoms with van der Waals surface area (Å²) in [5.74, 6) is -0.651. The Morgan fingerprint density at radius 3 is 2.56 bits per heavy atom. The average molecular weight is 394 g/mol. The molecule has 1 fully saturated rings. The lowest BCUT2D eigenvalue weighted by Gasteiger charge is -2.36. The van der Waals surface area contributed by atoms with E-state index in [-0.39, 0.29) is 18.0 Å². The van der Waals surface area contributed by atoms with E-state index in [1.54, 1.807) is 11.8 Å². The lowest BCUT2D eigenvalue weighted by Crippen LogP contribution is -2.54. The van der Waals surface area contributed by atoms with Gasteiger partial charge in [0.05, 0.1) is 18.2 Å². The van der Waals surface area contributed by atoms with E-state index in [9.17, 15) is 14.4 Å². The SMILES string of the molecule is CCOC(=O)N1CCN(C(C)C(=O)Nc2sc3c(c2C(N)=O)CCC3)CC1. The molecule has 0 bridgehead atoms. The van der Waals surface area contributed by atoms with E-state index < -0.39 is 5.91 Å². The maximum atomic E-state index is 12.7. The minimum atomic E-state index is -0.486. The second kappa shape index (κ2) is 8.26. The molecule has 3 N–H and O–H groups in total. The van der Waals surface area contributed by atoms with Gasteiger partial charge in [-0.2, -0.15) is 0 Å². The predicted octanol–water partition coefficient (Wildman–Crippen LogP) is 1.44. The number of carbonyl (C=O) groups is 3. The van der Waals surface area contributed by atoms with Crippen LogP contribution in [-0.2, 0) is 22.4 Å². The van der Waals surface area contributed by atoms with Crippen LogP contribution in [0.25, 0.3) is 0 Å². The molecule has 9 heteroatoms. The largest absolute Gasteiger partial charge is 0.450 e. The van der Waals surface area contributed by atoms with Gasteiger partial charge in [-0.15, -0.1) is 11.3 Å². The van der Waals surface area contributed by atoms with Gasteiger partial charge in [0.25, 0.3) is 5.91 Å². The van der Waals surface area contributed by atoms with Crippen molar-refractivity contribution in [1.29, 1.82) is 0 Å². The third-order valence-electron chi connectivity index (χ3n) is 5.17. The van der Waals surface area contributed by atoms with E-state index in [0.29, 0.717) is 43.4 Å². The molecule has 148 valence electrons. The van der Waals surface area contributed by atoms with Gasteiger partial charge in [0.15, 0.2) is 0 Å². The van der Waals surface area contributed by atoms with Gasteiger partial charge in [-0.1, -0.05) is 0 Å². The van der Waals surface area contributed by atoms with Crippen molar-refractivity contribution in [2.75, 3.05) is 38.1 Å². The fourth-order valence-corrected chi connectivity index (χ4v) is 4.94. The highest BCUT2D eigenvalue weighted by molar-refractivity contribution is 7.17. The third kappa shape index (κ3) is 4.08. The molecule has 0 saturated carbocycles. The average Bonchev–Trinajstić information content (AvgIpc) is 3.21. The normalized spacial score (nSPS) is 18.1. The number of hydrogen-bond acceptors (Lipinski definition) is 6. The van der Waals surface area contributed by atoms with Crippen molar-refractivity contribution in [2.24, 2.45) is 5.73 Å². The van der Waals surface area contributed by atoms with Gasteiger partial charge in [0, 0.05) is 31.1 Å². The second-order valence-electron chi connectivity index (χ2n) is 6.81. The second-order valence-corrected chi connectivity index (χ2v) is 7.92. The Labute approximate surface area is 162 Å². The first-order valence-corrected chi connectivity index (χ1v) is 10.1. The van der Waals surface area contributed by atoms with Crippen LogP contribution < -0.4 is 11.1 Å². The van der Waals surface area contributed by atoms with Gasteiger partial charge in [0.1, 0.15) is 5.00 Å². The lowest BCUT2D eigenvalue weighted by atomic mass is 10.1. The number of piperazine rings is 1. The molecule has 27 heavy (non-hydrogen) atoms. The molecule has 1 aliphatic heterocycles. The summed E-state index contributed by atoms with van der Waals surface area (Å²) in [5, 5.41) is 3.47. The van der Waals surface area contributed by atoms with Gasteiger partial charge in [-0.3, -0.25) is 14.5 Å². The molecule has 8 nitrogen and oxygen atoms in total. The number of thiophene rings is 1. The van der Waals surface area contributed by atoms with Crippen LogP contribution in [0, 0.1) is 0 Å². The number of rotatable bonds is 5. The smallest absolute Gasteiger partial charge is 0.409 e. The van der Waals surface area contributed by atoms with Crippen molar-refractivity contribution < 1.29 is 19.1 Å². The quantitative estimate of drug-likeness (QED) is 0.786. The van der Waals surface area contributed by atoms with Crippen molar-refractivity contribution in [1.82, 2.24) is 9.80 Å². The lowest BCUT2D eigenvalue weighted by molar-refractivity contribution is -0.121. The molecule has 3 rings (SSSR count). The van der Waals surface area contributed by atoms with E-state index in [1.165, 1.54) is 11.3 Å². The van der Waals surface area contributed by atoms with Crippen LogP contribution in [0.15, 0.2) is 0 Å². The molecular formula is C18H26N4O4S. The Kier molecular flexibility index (Phi) is 6.01. The Bertz CT molecular complexity index is 740. The number of fused-ring (bicyclic) bond motifs is 1. The number of primary amides is 1. The van der Waals surface area contributed by atoms with Gasteiger partial charge in [-0.05, 0) is 38.7 Å². The molecule has 3 amide bonds. The van der Waals surface area contributed by atoms with E-state index >= 15 is 0 Å². The first-order chi connectivity index (χ1) is 12.9. The van der Waals surface area contributed by atoms with Crippen LogP contribution in [0.4, 0.5) is 9.80 Å². The number of ether oxygens (including phenoxy) is 1. The summed E-state index contributed by atoms with van der Waals surface area (Å²) in [4.78, 5) is 41.2. The Hall–Kier alpha value is -2.13. The number of nitrogens with one attached hydrogen (secondary N) is 1. The van der Waals surface area contributed by atoms with Gasteiger partial charge >= 0.3 is 6.09 Å². The number of nitrogens with zero attached hydrogens (tertiary/aromatic N) is 2. The topological polar surface area (TPSA) is 105 Å². The van der Waals surface area contributed by atoms with Gasteiger partial charge < -0.3 is 20.7 Å². The summed E-state index contributed by atoms with van der Waals surface area (Å²) in [6.07, 6.45) is 2.48. The number of hydrogen-bond donors (Lipinski definition) is 2. The number of anilines is 1. The van der Waals surface area contributed by atoms with Crippen LogP contribution in [0.5, 0.6) is 0 Å². The number of aryl methyl sites for hydroxylation is 1. The van der Waals surface area contributed by atoms with E-state index in [2.05, 4.69) is 5.32 Å². The highest BCUT2D eigenvalue weighted by Crippen LogP contribution is 2.38. The molecule has 1 aromatic heterocycles. The number of amides is 3. The number of nitrogens with two attached hydrogens (primary N) is 1. The third-order valence-corrected chi connectivity index (χ3v) is 6.38. The zero-order valence-electron chi connectivity index (χ0n) is 15.7. The molecule has 1 aromatic rings. The van der Waals surface area contributed by atoms with Crippen molar-refractivity contribution in [3.8, 4) is 0 Å². The summed E-state index contributed by atoms with van der Waals surface area (Å²) >= 11 is 1.46. The zero-order valence-corrected chi connectivity index (χ0v) is 16.6. The van der Waals surface area contributed by atoms with Crippen molar-refractivity contribution >= 4 is 34.2 Å². The molecule has 1 aliphatic carbocycles. The fourth-order valence-electron chi connectivity index (χ4n) is 3.64. The Morgan fingerprint density at radius 2 is 1.93 bits per heavy atom. The molecule has 0 aromatic carbocycles. The Morgan fingerprint density at radius 1 is 1.22 bits per heavy atom. The first-order valence-electron chi connectivity index (χ1n) is 9.33. The van der Waals surface area contributed by atoms with E-state index in [0.717, 1.165) is 29.7 Å². The predicted molar refractivity (Wildman–Crippen MR) is 103 cm³/mol. The molecule has 1 unspecified atom stereocenters. The zero-order chi connectivity index (χ0) is 19.6. The number of carbonyl (C=O) groups excluding carboxylic acids is 3. The summed E-state index contributed by atoms with van der Waals surface area (Å²) in [5.41, 5.74) is 7.02. The van der Waals surface area contributed by atoms with Crippen LogP contribution >= 0.6 is 11.3 Å². The Balaban J connectivity index is 1.61. The maximum Gasteiger partial charge on any atom is 0.409 e. The molecular weight excluding hydrogens is 368 g/mol. The summed E-state index contributed by atoms with van der Waals surface area (Å²) < 4.78 is 5.02. The van der Waals surface area contributed by atoms with Gasteiger partial charge in [-0.25, -0.2) is 4.79 Å². The first kappa shape index (κ1) is 19.6. The summed E-state index contributed by atoms with van der Waals surface area (Å²) in [6, 6.07) is -0.369. The molecule has 0 spiro atoms. The molecule has 2 heterocycles. The van der Waals surface area contributed by atoms with Crippen LogP contribution in [0.2, 0.25) is 0 Å². The molecule has 1 atom stereocenters. The van der Waals surface area contributed by atoms with E-state index in [4.69, 9.17) is 10.5 Å². The molecule has 0 radical (unpaired) electrons. The van der Waals surface area contributed by atoms with Crippen molar-refractivity contribution in [3.05, 3.63) is 16.0 Å². The summed E-state index contributed by atoms with van der Waals surface area (Å²) in [7, 11) is 0. The highest BCUT2D eigenvalue weighted by Gasteiger charge is 2.30. The van der Waals surface area contributed by atoms with Crippen molar-refractivity contribution in [3.63, 3.8) is 0 Å². The van der Waals surface area contributed by atoms with Gasteiger partial charge in [0.2, 0.25) is 5.91 Å². The molecule has 1 saturated heterocycles. The standard InChI is InChI=1S/C18H26N4O4S/c1-3-26-18(25)22-9-7-21(8-10-22)11(2)16(24)20-17-14(15(19)23)12-5-4-6-13(12)27-17/h11H,3-10H2,1-2H3,(H2,19,23)(H,20,24). The summed E-state index contributed by atoms with van der Waals surface area (Å²) in [6.45, 7) is 6.20. The molecule has 2 aliphatic rings. The highest BCUT2D eigenvalue weighted by atomic mass is 32.1. The van der Waals surface area contributed by atoms with Crippen LogP contribution in [0.1, 0.15) is 41.1 Å². The van der Waals surface area contributed by atoms with Crippen LogP contribution in [0.3, 0.4) is 0 Å². The van der Waals surface area contributed by atoms with E-state index in [1.807, 2.05) is 11.8 Å². The monoisotopic (exact) mass is 394 g/mol. The van der Waals surface area contributed by atoms with Crippen molar-refractivity contribution in [2.45, 2.75) is 39.2 Å². The minimum absolute atomic E-state index is 0.165. The van der Waals surface area contributed by atoms with Crippen LogP contribution in [-0.4, -0.2) is 66.5 Å². The maximum absolute atomic E-state index is 12.7. The fraction of sp³-hybridized carbons (Fsp3) is 0.611.